The Morgan fingerprint density at radius 3 is 2.91 bits per heavy atom. The van der Waals surface area contributed by atoms with Crippen LogP contribution in [0.25, 0.3) is 0 Å². The number of thiazole rings is 1. The van der Waals surface area contributed by atoms with E-state index in [1.807, 2.05) is 0 Å². The van der Waals surface area contributed by atoms with Crippen molar-refractivity contribution in [2.45, 2.75) is 26.3 Å². The van der Waals surface area contributed by atoms with Crippen LogP contribution in [-0.4, -0.2) is 28.9 Å². The third kappa shape index (κ3) is 3.48. The van der Waals surface area contributed by atoms with Gasteiger partial charge in [0.05, 0.1) is 5.69 Å². The van der Waals surface area contributed by atoms with Crippen molar-refractivity contribution in [3.8, 4) is 0 Å². The number of nitrogens with one attached hydrogen (secondary N) is 1. The number of hydrogen-bond acceptors (Lipinski definition) is 4. The molecular weight excluding hydrogens is 318 g/mol. The van der Waals surface area contributed by atoms with Crippen molar-refractivity contribution in [2.24, 2.45) is 0 Å². The normalized spacial score (nSPS) is 14.6. The van der Waals surface area contributed by atoms with Crippen LogP contribution in [0.1, 0.15) is 34.3 Å². The van der Waals surface area contributed by atoms with Gasteiger partial charge in [-0.25, -0.2) is 4.98 Å². The molecule has 6 heteroatoms. The number of carbonyl (C=O) groups excluding carboxylic acids is 1. The zero-order valence-electron chi connectivity index (χ0n) is 12.4. The highest BCUT2D eigenvalue weighted by Gasteiger charge is 2.21. The molecule has 1 amide bonds. The molecule has 0 radical (unpaired) electrons. The Hall–Kier alpha value is -1.43. The fraction of sp³-hybridized carbons (Fsp3) is 0.375. The molecule has 1 N–H and O–H groups in total. The molecule has 1 aromatic carbocycles. The smallest absolute Gasteiger partial charge is 0.257 e. The molecule has 4 nitrogen and oxygen atoms in total. The number of nitrogens with zero attached hydrogens (tertiary/aromatic N) is 2. The fourth-order valence-corrected chi connectivity index (χ4v) is 3.75. The van der Waals surface area contributed by atoms with E-state index >= 15 is 0 Å². The maximum atomic E-state index is 12.2. The number of halogens is 1. The molecule has 3 rings (SSSR count). The topological polar surface area (TPSA) is 45.2 Å². The van der Waals surface area contributed by atoms with Gasteiger partial charge in [-0.2, -0.15) is 0 Å². The Morgan fingerprint density at radius 1 is 1.41 bits per heavy atom. The van der Waals surface area contributed by atoms with Crippen molar-refractivity contribution < 1.29 is 4.79 Å². The SMILES string of the molecule is CCCN1CCc2nc(NC(=O)c3ccc(Cl)cc3)sc2C1. The molecule has 0 fully saturated rings. The lowest BCUT2D eigenvalue weighted by atomic mass is 10.2. The molecule has 1 aromatic heterocycles. The molecule has 0 bridgehead atoms. The van der Waals surface area contributed by atoms with E-state index in [4.69, 9.17) is 11.6 Å². The first-order chi connectivity index (χ1) is 10.7. The Morgan fingerprint density at radius 2 is 2.18 bits per heavy atom. The molecule has 22 heavy (non-hydrogen) atoms. The summed E-state index contributed by atoms with van der Waals surface area (Å²) < 4.78 is 0. The number of amides is 1. The predicted octanol–water partition coefficient (Wildman–Crippen LogP) is 3.82. The molecule has 116 valence electrons. The van der Waals surface area contributed by atoms with Gasteiger partial charge < -0.3 is 0 Å². The molecular formula is C16H18ClN3OS. The minimum absolute atomic E-state index is 0.145. The number of rotatable bonds is 4. The van der Waals surface area contributed by atoms with Gasteiger partial charge in [0.2, 0.25) is 0 Å². The van der Waals surface area contributed by atoms with Gasteiger partial charge in [-0.1, -0.05) is 18.5 Å². The maximum absolute atomic E-state index is 12.2. The quantitative estimate of drug-likeness (QED) is 0.924. The Balaban J connectivity index is 1.69. The highest BCUT2D eigenvalue weighted by Crippen LogP contribution is 2.28. The number of anilines is 1. The van der Waals surface area contributed by atoms with Crippen molar-refractivity contribution in [1.82, 2.24) is 9.88 Å². The Labute approximate surface area is 139 Å². The highest BCUT2D eigenvalue weighted by atomic mass is 35.5. The van der Waals surface area contributed by atoms with Crippen LogP contribution < -0.4 is 5.32 Å². The van der Waals surface area contributed by atoms with E-state index < -0.39 is 0 Å². The zero-order chi connectivity index (χ0) is 15.5. The molecule has 2 aromatic rings. The van der Waals surface area contributed by atoms with Crippen LogP contribution in [0.4, 0.5) is 5.13 Å². The summed E-state index contributed by atoms with van der Waals surface area (Å²) in [6.07, 6.45) is 2.12. The second-order valence-electron chi connectivity index (χ2n) is 5.38. The lowest BCUT2D eigenvalue weighted by molar-refractivity contribution is 0.102. The van der Waals surface area contributed by atoms with Gasteiger partial charge in [-0.15, -0.1) is 11.3 Å². The van der Waals surface area contributed by atoms with Gasteiger partial charge in [0.15, 0.2) is 5.13 Å². The largest absolute Gasteiger partial charge is 0.298 e. The van der Waals surface area contributed by atoms with Gasteiger partial charge in [0.1, 0.15) is 0 Å². The highest BCUT2D eigenvalue weighted by molar-refractivity contribution is 7.15. The summed E-state index contributed by atoms with van der Waals surface area (Å²) in [6.45, 7) is 5.30. The van der Waals surface area contributed by atoms with Gasteiger partial charge in [0.25, 0.3) is 5.91 Å². The Kier molecular flexibility index (Phi) is 4.76. The summed E-state index contributed by atoms with van der Waals surface area (Å²) >= 11 is 7.42. The average Bonchev–Trinajstić information content (AvgIpc) is 2.89. The number of carbonyl (C=O) groups is 1. The summed E-state index contributed by atoms with van der Waals surface area (Å²) in [7, 11) is 0. The zero-order valence-corrected chi connectivity index (χ0v) is 14.0. The van der Waals surface area contributed by atoms with Crippen LogP contribution in [0.3, 0.4) is 0 Å². The van der Waals surface area contributed by atoms with Crippen molar-refractivity contribution in [1.29, 1.82) is 0 Å². The molecule has 0 saturated heterocycles. The lowest BCUT2D eigenvalue weighted by Gasteiger charge is -2.24. The van der Waals surface area contributed by atoms with Crippen molar-refractivity contribution >= 4 is 34.0 Å². The first-order valence-corrected chi connectivity index (χ1v) is 8.63. The van der Waals surface area contributed by atoms with Crippen molar-refractivity contribution in [3.63, 3.8) is 0 Å². The molecule has 1 aliphatic heterocycles. The number of fused-ring (bicyclic) bond motifs is 1. The molecule has 0 aliphatic carbocycles. The third-order valence-corrected chi connectivity index (χ3v) is 4.93. The van der Waals surface area contributed by atoms with Gasteiger partial charge in [-0.05, 0) is 37.2 Å². The summed E-state index contributed by atoms with van der Waals surface area (Å²) in [5, 5.41) is 4.19. The van der Waals surface area contributed by atoms with Crippen LogP contribution >= 0.6 is 22.9 Å². The maximum Gasteiger partial charge on any atom is 0.257 e. The first kappa shape index (κ1) is 15.5. The van der Waals surface area contributed by atoms with Crippen molar-refractivity contribution in [3.05, 3.63) is 45.4 Å². The summed E-state index contributed by atoms with van der Waals surface area (Å²) in [4.78, 5) is 20.5. The third-order valence-electron chi connectivity index (χ3n) is 3.68. The monoisotopic (exact) mass is 335 g/mol. The minimum Gasteiger partial charge on any atom is -0.298 e. The van der Waals surface area contributed by atoms with E-state index in [0.29, 0.717) is 15.7 Å². The van der Waals surface area contributed by atoms with Crippen LogP contribution in [0.2, 0.25) is 5.02 Å². The van der Waals surface area contributed by atoms with E-state index in [1.165, 1.54) is 4.88 Å². The van der Waals surface area contributed by atoms with E-state index in [-0.39, 0.29) is 5.91 Å². The minimum atomic E-state index is -0.145. The second kappa shape index (κ2) is 6.77. The molecule has 0 atom stereocenters. The van der Waals surface area contributed by atoms with Gasteiger partial charge in [-0.3, -0.25) is 15.0 Å². The second-order valence-corrected chi connectivity index (χ2v) is 6.90. The summed E-state index contributed by atoms with van der Waals surface area (Å²) in [6, 6.07) is 6.86. The average molecular weight is 336 g/mol. The summed E-state index contributed by atoms with van der Waals surface area (Å²) in [5.41, 5.74) is 1.72. The van der Waals surface area contributed by atoms with E-state index in [0.717, 1.165) is 38.2 Å². The molecule has 0 spiro atoms. The first-order valence-electron chi connectivity index (χ1n) is 7.43. The van der Waals surface area contributed by atoms with Crippen LogP contribution in [0.15, 0.2) is 24.3 Å². The van der Waals surface area contributed by atoms with Crippen molar-refractivity contribution in [2.75, 3.05) is 18.4 Å². The lowest BCUT2D eigenvalue weighted by Crippen LogP contribution is -2.30. The standard InChI is InChI=1S/C16H18ClN3OS/c1-2-8-20-9-7-13-14(10-20)22-16(18-13)19-15(21)11-3-5-12(17)6-4-11/h3-6H,2,7-10H2,1H3,(H,18,19,21). The molecule has 1 aliphatic rings. The fourth-order valence-electron chi connectivity index (χ4n) is 2.58. The van der Waals surface area contributed by atoms with Gasteiger partial charge >= 0.3 is 0 Å². The number of hydrogen-bond donors (Lipinski definition) is 1. The van der Waals surface area contributed by atoms with Crippen LogP contribution in [0.5, 0.6) is 0 Å². The van der Waals surface area contributed by atoms with E-state index in [9.17, 15) is 4.79 Å². The van der Waals surface area contributed by atoms with Gasteiger partial charge in [0, 0.05) is 35.0 Å². The molecule has 0 unspecified atom stereocenters. The van der Waals surface area contributed by atoms with E-state index in [1.54, 1.807) is 35.6 Å². The number of benzene rings is 1. The number of aromatic nitrogens is 1. The van der Waals surface area contributed by atoms with Crippen LogP contribution in [0, 0.1) is 0 Å². The van der Waals surface area contributed by atoms with E-state index in [2.05, 4.69) is 22.1 Å². The Bertz CT molecular complexity index is 669. The summed E-state index contributed by atoms with van der Waals surface area (Å²) in [5.74, 6) is -0.145. The molecule has 0 saturated carbocycles. The van der Waals surface area contributed by atoms with Crippen LogP contribution in [-0.2, 0) is 13.0 Å². The molecule has 2 heterocycles. The predicted molar refractivity (Wildman–Crippen MR) is 90.8 cm³/mol.